The largest absolute Gasteiger partial charge is 0.494 e. The van der Waals surface area contributed by atoms with Gasteiger partial charge in [0, 0.05) is 0 Å². The lowest BCUT2D eigenvalue weighted by molar-refractivity contribution is -0.288. The molecular formula is C5H6O3. The summed E-state index contributed by atoms with van der Waals surface area (Å²) in [7, 11) is 0. The third-order valence-corrected chi connectivity index (χ3v) is 0.300. The van der Waals surface area contributed by atoms with Gasteiger partial charge in [0.2, 0.25) is 5.60 Å². The van der Waals surface area contributed by atoms with Crippen molar-refractivity contribution in [1.29, 1.82) is 0 Å². The minimum atomic E-state index is -1.66. The summed E-state index contributed by atoms with van der Waals surface area (Å²) in [5.74, 6) is 0. The number of rotatable bonds is 1. The maximum absolute atomic E-state index is 9.56. The Morgan fingerprint density at radius 3 is 2.12 bits per heavy atom. The molecule has 0 saturated carbocycles. The molecule has 0 atom stereocenters. The van der Waals surface area contributed by atoms with Gasteiger partial charge in [-0.2, -0.15) is 0 Å². The fourth-order valence-corrected chi connectivity index (χ4v) is 0.177. The fraction of sp³-hybridized carbons (Fsp3) is 0.200. The van der Waals surface area contributed by atoms with E-state index in [0.29, 0.717) is 0 Å². The minimum Gasteiger partial charge on any atom is -0.494 e. The smallest absolute Gasteiger partial charge is 0.256 e. The minimum absolute atomic E-state index is 1.39. The molecule has 0 rings (SSSR count). The predicted octanol–water partition coefficient (Wildman–Crippen LogP) is -0.413. The van der Waals surface area contributed by atoms with Crippen molar-refractivity contribution in [2.75, 3.05) is 0 Å². The first-order valence-electron chi connectivity index (χ1n) is 1.88. The maximum Gasteiger partial charge on any atom is 0.256 e. The highest BCUT2D eigenvalue weighted by molar-refractivity contribution is 5.55. The van der Waals surface area contributed by atoms with E-state index in [9.17, 15) is 9.90 Å². The second-order valence-corrected chi connectivity index (χ2v) is 1.54. The van der Waals surface area contributed by atoms with E-state index < -0.39 is 11.8 Å². The summed E-state index contributed by atoms with van der Waals surface area (Å²) >= 11 is 0. The summed E-state index contributed by atoms with van der Waals surface area (Å²) in [4.78, 5) is 9.56. The van der Waals surface area contributed by atoms with Crippen LogP contribution in [-0.4, -0.2) is 11.8 Å². The molecule has 0 aromatic carbocycles. The van der Waals surface area contributed by atoms with Crippen molar-refractivity contribution < 1.29 is 14.6 Å². The van der Waals surface area contributed by atoms with Crippen molar-refractivity contribution in [2.45, 2.75) is 5.60 Å². The fourth-order valence-electron chi connectivity index (χ4n) is 0.177. The van der Waals surface area contributed by atoms with E-state index in [1.165, 1.54) is 0 Å². The van der Waals surface area contributed by atoms with Crippen molar-refractivity contribution in [1.82, 2.24) is 0 Å². The van der Waals surface area contributed by atoms with Gasteiger partial charge in [-0.1, -0.05) is 0 Å². The van der Waals surface area contributed by atoms with Gasteiger partial charge in [0.05, 0.1) is 0 Å². The van der Waals surface area contributed by atoms with Crippen LogP contribution in [0.3, 0.4) is 0 Å². The zero-order chi connectivity index (χ0) is 6.78. The standard InChI is InChI=1S/C5H6O3/c1-5(2,3)8-4(6)7/h1-3H2. The van der Waals surface area contributed by atoms with Gasteiger partial charge >= 0.3 is 0 Å². The SMILES string of the molecule is [CH2+]C([CH2+])([CH2-])OC(=O)[O-]. The Kier molecular flexibility index (Phi) is 1.63. The van der Waals surface area contributed by atoms with Crippen molar-refractivity contribution >= 4 is 6.16 Å². The third kappa shape index (κ3) is 5.01. The lowest BCUT2D eigenvalue weighted by atomic mass is 10.2. The van der Waals surface area contributed by atoms with Crippen molar-refractivity contribution in [3.05, 3.63) is 20.8 Å². The number of carbonyl (C=O) groups excluding carboxylic acids is 1. The third-order valence-electron chi connectivity index (χ3n) is 0.300. The summed E-state index contributed by atoms with van der Waals surface area (Å²) in [6.07, 6.45) is -1.66. The van der Waals surface area contributed by atoms with Gasteiger partial charge in [-0.25, -0.2) is 6.92 Å². The summed E-state index contributed by atoms with van der Waals surface area (Å²) in [6, 6.07) is 0. The van der Waals surface area contributed by atoms with Crippen LogP contribution >= 0.6 is 0 Å². The van der Waals surface area contributed by atoms with Crippen molar-refractivity contribution in [3.8, 4) is 0 Å². The molecule has 44 valence electrons. The first-order valence-corrected chi connectivity index (χ1v) is 1.88. The molecule has 0 aliphatic carbocycles. The van der Waals surface area contributed by atoms with E-state index in [1.807, 2.05) is 0 Å². The van der Waals surface area contributed by atoms with E-state index in [-0.39, 0.29) is 0 Å². The number of carboxylic acid groups (broad SMARTS) is 1. The molecule has 0 aliphatic rings. The van der Waals surface area contributed by atoms with E-state index in [4.69, 9.17) is 0 Å². The second-order valence-electron chi connectivity index (χ2n) is 1.54. The van der Waals surface area contributed by atoms with Crippen LogP contribution in [0, 0.1) is 20.8 Å². The highest BCUT2D eigenvalue weighted by atomic mass is 16.7. The molecule has 0 aromatic heterocycles. The van der Waals surface area contributed by atoms with Gasteiger partial charge in [0.1, 0.15) is 13.8 Å². The molecule has 0 spiro atoms. The van der Waals surface area contributed by atoms with E-state index >= 15 is 0 Å². The molecule has 0 heterocycles. The van der Waals surface area contributed by atoms with Gasteiger partial charge in [-0.15, -0.1) is 0 Å². The van der Waals surface area contributed by atoms with Crippen molar-refractivity contribution in [2.24, 2.45) is 0 Å². The Morgan fingerprint density at radius 2 is 2.12 bits per heavy atom. The lowest BCUT2D eigenvalue weighted by Crippen LogP contribution is -2.33. The topological polar surface area (TPSA) is 49.4 Å². The van der Waals surface area contributed by atoms with Crippen molar-refractivity contribution in [3.63, 3.8) is 0 Å². The summed E-state index contributed by atoms with van der Waals surface area (Å²) in [5.41, 5.74) is -1.39. The lowest BCUT2D eigenvalue weighted by Gasteiger charge is -2.16. The molecule has 0 amide bonds. The van der Waals surface area contributed by atoms with Gasteiger partial charge in [0.15, 0.2) is 0 Å². The summed E-state index contributed by atoms with van der Waals surface area (Å²) < 4.78 is 3.91. The zero-order valence-electron chi connectivity index (χ0n) is 4.35. The Bertz CT molecular complexity index is 90.3. The molecule has 0 aromatic rings. The number of carbonyl (C=O) groups is 1. The summed E-state index contributed by atoms with van der Waals surface area (Å²) in [5, 5.41) is 9.56. The van der Waals surface area contributed by atoms with Crippen LogP contribution in [0.25, 0.3) is 0 Å². The van der Waals surface area contributed by atoms with Crippen LogP contribution in [0.4, 0.5) is 4.79 Å². The Balaban J connectivity index is 3.55. The molecule has 3 nitrogen and oxygen atoms in total. The normalized spacial score (nSPS) is 10.6. The van der Waals surface area contributed by atoms with Gasteiger partial charge in [0.25, 0.3) is 6.16 Å². The Labute approximate surface area is 48.3 Å². The summed E-state index contributed by atoms with van der Waals surface area (Å²) in [6.45, 7) is 9.44. The number of hydrogen-bond donors (Lipinski definition) is 0. The molecule has 0 bridgehead atoms. The van der Waals surface area contributed by atoms with Gasteiger partial charge in [-0.3, -0.25) is 0 Å². The first kappa shape index (κ1) is 7.01. The van der Waals surface area contributed by atoms with Gasteiger partial charge < -0.3 is 14.6 Å². The monoisotopic (exact) mass is 114 g/mol. The van der Waals surface area contributed by atoms with E-state index in [0.717, 1.165) is 0 Å². The van der Waals surface area contributed by atoms with Crippen LogP contribution in [0.5, 0.6) is 0 Å². The quantitative estimate of drug-likeness (QED) is 0.344. The molecule has 3 heteroatoms. The van der Waals surface area contributed by atoms with E-state index in [2.05, 4.69) is 25.5 Å². The number of ether oxygens (including phenoxy) is 1. The second kappa shape index (κ2) is 1.86. The molecule has 0 saturated heterocycles. The van der Waals surface area contributed by atoms with Crippen LogP contribution in [0.1, 0.15) is 0 Å². The van der Waals surface area contributed by atoms with E-state index in [1.54, 1.807) is 0 Å². The molecule has 0 aliphatic heterocycles. The van der Waals surface area contributed by atoms with Crippen LogP contribution in [0.2, 0.25) is 0 Å². The van der Waals surface area contributed by atoms with Crippen LogP contribution in [0.15, 0.2) is 0 Å². The van der Waals surface area contributed by atoms with Gasteiger partial charge in [-0.05, 0) is 0 Å². The molecule has 8 heavy (non-hydrogen) atoms. The Hall–Kier alpha value is -0.990. The van der Waals surface area contributed by atoms with Crippen LogP contribution < -0.4 is 5.11 Å². The van der Waals surface area contributed by atoms with Crippen LogP contribution in [-0.2, 0) is 4.74 Å². The molecule has 0 radical (unpaired) electrons. The molecule has 0 N–H and O–H groups in total. The predicted molar refractivity (Wildman–Crippen MR) is 25.3 cm³/mol. The highest BCUT2D eigenvalue weighted by Crippen LogP contribution is 2.02. The molecule has 0 unspecified atom stereocenters. The molecular weight excluding hydrogens is 108 g/mol. The maximum atomic E-state index is 9.56. The average molecular weight is 114 g/mol. The highest BCUT2D eigenvalue weighted by Gasteiger charge is 2.15. The first-order chi connectivity index (χ1) is 3.42. The number of hydrogen-bond acceptors (Lipinski definition) is 3. The Morgan fingerprint density at radius 1 is 1.75 bits per heavy atom. The molecule has 0 fully saturated rings. The zero-order valence-corrected chi connectivity index (χ0v) is 4.35. The average Bonchev–Trinajstić information content (AvgIpc) is 1.21.